The lowest BCUT2D eigenvalue weighted by Crippen LogP contribution is -2.47. The number of nitrogens with one attached hydrogen (secondary N) is 2. The minimum Gasteiger partial charge on any atom is -0.356 e. The summed E-state index contributed by atoms with van der Waals surface area (Å²) in [7, 11) is 3.86. The van der Waals surface area contributed by atoms with Crippen molar-refractivity contribution in [1.29, 1.82) is 0 Å². The molecule has 0 aliphatic heterocycles. The van der Waals surface area contributed by atoms with Gasteiger partial charge < -0.3 is 10.6 Å². The fraction of sp³-hybridized carbons (Fsp3) is 0.800. The first-order chi connectivity index (χ1) is 11.7. The van der Waals surface area contributed by atoms with Crippen LogP contribution in [-0.4, -0.2) is 35.4 Å². The molecular weight excluding hydrogens is 310 g/mol. The smallest absolute Gasteiger partial charge is 0.191 e. The molecule has 5 nitrogen and oxygen atoms in total. The summed E-state index contributed by atoms with van der Waals surface area (Å²) >= 11 is 0. The minimum atomic E-state index is 0.308. The lowest BCUT2D eigenvalue weighted by atomic mass is 9.78. The second-order valence-electron chi connectivity index (χ2n) is 8.42. The summed E-state index contributed by atoms with van der Waals surface area (Å²) in [6.07, 6.45) is 6.48. The van der Waals surface area contributed by atoms with Gasteiger partial charge in [0.1, 0.15) is 0 Å². The maximum Gasteiger partial charge on any atom is 0.191 e. The zero-order chi connectivity index (χ0) is 18.6. The average molecular weight is 348 g/mol. The number of hydrogen-bond acceptors (Lipinski definition) is 2. The van der Waals surface area contributed by atoms with Crippen LogP contribution < -0.4 is 10.6 Å². The SMILES string of the molecule is CN=C(NCC(C)(C)C1CCCC1)NC(C)Cc1c(C)nn(C)c1C. The molecule has 1 atom stereocenters. The molecule has 1 saturated carbocycles. The largest absolute Gasteiger partial charge is 0.356 e. The Labute approximate surface area is 153 Å². The van der Waals surface area contributed by atoms with E-state index in [-0.39, 0.29) is 0 Å². The van der Waals surface area contributed by atoms with E-state index < -0.39 is 0 Å². The Morgan fingerprint density at radius 2 is 1.96 bits per heavy atom. The monoisotopic (exact) mass is 347 g/mol. The van der Waals surface area contributed by atoms with Crippen molar-refractivity contribution in [2.45, 2.75) is 72.8 Å². The molecule has 0 saturated heterocycles. The summed E-state index contributed by atoms with van der Waals surface area (Å²) in [6, 6.07) is 0.308. The van der Waals surface area contributed by atoms with Gasteiger partial charge in [0.25, 0.3) is 0 Å². The van der Waals surface area contributed by atoms with Crippen LogP contribution in [0.2, 0.25) is 0 Å². The van der Waals surface area contributed by atoms with Crippen molar-refractivity contribution in [3.63, 3.8) is 0 Å². The van der Waals surface area contributed by atoms with E-state index in [0.717, 1.165) is 30.5 Å². The molecule has 0 spiro atoms. The summed E-state index contributed by atoms with van der Waals surface area (Å²) in [6.45, 7) is 12.2. The molecule has 2 rings (SSSR count). The van der Waals surface area contributed by atoms with Gasteiger partial charge in [0.05, 0.1) is 5.69 Å². The maximum absolute atomic E-state index is 4.52. The first-order valence-corrected chi connectivity index (χ1v) is 9.71. The molecule has 142 valence electrons. The molecule has 0 bridgehead atoms. The van der Waals surface area contributed by atoms with Gasteiger partial charge >= 0.3 is 0 Å². The first kappa shape index (κ1) is 19.8. The fourth-order valence-electron chi connectivity index (χ4n) is 4.06. The predicted molar refractivity (Wildman–Crippen MR) is 106 cm³/mol. The average Bonchev–Trinajstić information content (AvgIpc) is 3.17. The van der Waals surface area contributed by atoms with Gasteiger partial charge in [-0.15, -0.1) is 0 Å². The molecule has 2 N–H and O–H groups in total. The standard InChI is InChI=1S/C20H37N5/c1-14(12-18-15(2)24-25(7)16(18)3)23-19(21-6)22-13-20(4,5)17-10-8-9-11-17/h14,17H,8-13H2,1-7H3,(H2,21,22,23). The number of aliphatic imine (C=N–C) groups is 1. The first-order valence-electron chi connectivity index (χ1n) is 9.71. The van der Waals surface area contributed by atoms with Crippen LogP contribution in [0.5, 0.6) is 0 Å². The minimum absolute atomic E-state index is 0.308. The predicted octanol–water partition coefficient (Wildman–Crippen LogP) is 3.35. The molecule has 1 fully saturated rings. The van der Waals surface area contributed by atoms with Crippen molar-refractivity contribution in [2.75, 3.05) is 13.6 Å². The van der Waals surface area contributed by atoms with Gasteiger partial charge in [-0.1, -0.05) is 26.7 Å². The summed E-state index contributed by atoms with van der Waals surface area (Å²) in [5, 5.41) is 11.6. The lowest BCUT2D eigenvalue weighted by molar-refractivity contribution is 0.218. The quantitative estimate of drug-likeness (QED) is 0.613. The van der Waals surface area contributed by atoms with E-state index in [0.29, 0.717) is 11.5 Å². The summed E-state index contributed by atoms with van der Waals surface area (Å²) in [4.78, 5) is 4.42. The van der Waals surface area contributed by atoms with Crippen molar-refractivity contribution in [3.05, 3.63) is 17.0 Å². The second-order valence-corrected chi connectivity index (χ2v) is 8.42. The van der Waals surface area contributed by atoms with Crippen LogP contribution in [-0.2, 0) is 13.5 Å². The van der Waals surface area contributed by atoms with Gasteiger partial charge in [0.15, 0.2) is 5.96 Å². The van der Waals surface area contributed by atoms with E-state index in [1.165, 1.54) is 36.9 Å². The lowest BCUT2D eigenvalue weighted by Gasteiger charge is -2.32. The Balaban J connectivity index is 1.88. The second kappa shape index (κ2) is 8.24. The summed E-state index contributed by atoms with van der Waals surface area (Å²) in [5.41, 5.74) is 4.02. The molecule has 0 radical (unpaired) electrons. The van der Waals surface area contributed by atoms with Gasteiger partial charge in [-0.3, -0.25) is 9.67 Å². The van der Waals surface area contributed by atoms with Gasteiger partial charge in [-0.25, -0.2) is 0 Å². The molecule has 1 aromatic heterocycles. The highest BCUT2D eigenvalue weighted by Crippen LogP contribution is 2.38. The van der Waals surface area contributed by atoms with Crippen LogP contribution >= 0.6 is 0 Å². The Morgan fingerprint density at radius 1 is 1.32 bits per heavy atom. The normalized spacial score (nSPS) is 17.8. The van der Waals surface area contributed by atoms with Gasteiger partial charge in [0.2, 0.25) is 0 Å². The highest BCUT2D eigenvalue weighted by molar-refractivity contribution is 5.80. The zero-order valence-corrected chi connectivity index (χ0v) is 17.2. The van der Waals surface area contributed by atoms with E-state index in [2.05, 4.69) is 55.3 Å². The van der Waals surface area contributed by atoms with Crippen LogP contribution in [0.15, 0.2) is 4.99 Å². The van der Waals surface area contributed by atoms with Gasteiger partial charge in [-0.2, -0.15) is 5.10 Å². The molecule has 1 heterocycles. The number of aryl methyl sites for hydroxylation is 2. The summed E-state index contributed by atoms with van der Waals surface area (Å²) in [5.74, 6) is 1.73. The fourth-order valence-corrected chi connectivity index (χ4v) is 4.06. The topological polar surface area (TPSA) is 54.2 Å². The van der Waals surface area contributed by atoms with Crippen molar-refractivity contribution in [2.24, 2.45) is 23.4 Å². The molecule has 1 aliphatic carbocycles. The molecule has 5 heteroatoms. The highest BCUT2D eigenvalue weighted by atomic mass is 15.3. The van der Waals surface area contributed by atoms with Crippen LogP contribution in [0.1, 0.15) is 63.4 Å². The van der Waals surface area contributed by atoms with Gasteiger partial charge in [-0.05, 0) is 56.9 Å². The highest BCUT2D eigenvalue weighted by Gasteiger charge is 2.31. The molecule has 0 amide bonds. The van der Waals surface area contributed by atoms with Crippen molar-refractivity contribution < 1.29 is 0 Å². The summed E-state index contributed by atoms with van der Waals surface area (Å²) < 4.78 is 1.97. The Bertz CT molecular complexity index is 593. The van der Waals surface area contributed by atoms with E-state index in [1.807, 2.05) is 18.8 Å². The third-order valence-electron chi connectivity index (χ3n) is 5.95. The van der Waals surface area contributed by atoms with Crippen molar-refractivity contribution in [1.82, 2.24) is 20.4 Å². The van der Waals surface area contributed by atoms with Crippen LogP contribution in [0.25, 0.3) is 0 Å². The van der Waals surface area contributed by atoms with E-state index in [1.54, 1.807) is 0 Å². The van der Waals surface area contributed by atoms with Crippen molar-refractivity contribution >= 4 is 5.96 Å². The number of nitrogens with zero attached hydrogens (tertiary/aromatic N) is 3. The third-order valence-corrected chi connectivity index (χ3v) is 5.95. The van der Waals surface area contributed by atoms with E-state index in [4.69, 9.17) is 0 Å². The van der Waals surface area contributed by atoms with Crippen LogP contribution in [0.3, 0.4) is 0 Å². The molecule has 1 aliphatic rings. The van der Waals surface area contributed by atoms with E-state index >= 15 is 0 Å². The number of rotatable bonds is 6. The Hall–Kier alpha value is -1.52. The molecule has 25 heavy (non-hydrogen) atoms. The van der Waals surface area contributed by atoms with Crippen LogP contribution in [0, 0.1) is 25.2 Å². The van der Waals surface area contributed by atoms with E-state index in [9.17, 15) is 0 Å². The van der Waals surface area contributed by atoms with Crippen LogP contribution in [0.4, 0.5) is 0 Å². The number of hydrogen-bond donors (Lipinski definition) is 2. The number of guanidine groups is 1. The van der Waals surface area contributed by atoms with Crippen molar-refractivity contribution in [3.8, 4) is 0 Å². The Morgan fingerprint density at radius 3 is 2.48 bits per heavy atom. The Kier molecular flexibility index (Phi) is 6.53. The zero-order valence-electron chi connectivity index (χ0n) is 17.2. The molecular formula is C20H37N5. The number of aromatic nitrogens is 2. The maximum atomic E-state index is 4.52. The molecule has 1 aromatic rings. The van der Waals surface area contributed by atoms with Gasteiger partial charge in [0, 0.05) is 32.4 Å². The molecule has 0 aromatic carbocycles. The third kappa shape index (κ3) is 4.99. The molecule has 1 unspecified atom stereocenters.